The highest BCUT2D eigenvalue weighted by molar-refractivity contribution is 7.89. The second-order valence-corrected chi connectivity index (χ2v) is 6.83. The Kier molecular flexibility index (Phi) is 4.22. The van der Waals surface area contributed by atoms with Crippen molar-refractivity contribution in [1.82, 2.24) is 4.72 Å². The molecule has 1 aromatic carbocycles. The fourth-order valence-corrected chi connectivity index (χ4v) is 4.03. The van der Waals surface area contributed by atoms with E-state index in [1.165, 1.54) is 5.38 Å². The third kappa shape index (κ3) is 3.24. The number of hydrogen-bond acceptors (Lipinski definition) is 4. The molecule has 1 unspecified atom stereocenters. The van der Waals surface area contributed by atoms with Crippen LogP contribution >= 0.6 is 11.3 Å². The molecule has 0 radical (unpaired) electrons. The fraction of sp³-hybridized carbons (Fsp3) is 0.154. The molecule has 2 rings (SSSR count). The first-order valence-corrected chi connectivity index (χ1v) is 8.15. The van der Waals surface area contributed by atoms with Crippen molar-refractivity contribution in [3.05, 3.63) is 52.2 Å². The number of thiophene rings is 1. The summed E-state index contributed by atoms with van der Waals surface area (Å²) in [5, 5.41) is 10.1. The third-order valence-electron chi connectivity index (χ3n) is 2.73. The Morgan fingerprint density at radius 3 is 2.50 bits per heavy atom. The number of carbonyl (C=O) groups is 1. The van der Waals surface area contributed by atoms with Crippen LogP contribution in [0.5, 0.6) is 0 Å². The summed E-state index contributed by atoms with van der Waals surface area (Å²) >= 11 is 0.889. The Labute approximate surface area is 120 Å². The Hall–Kier alpha value is -1.70. The molecular formula is C13H13NO4S2. The molecular weight excluding hydrogens is 298 g/mol. The number of carboxylic acid groups (broad SMARTS) is 1. The molecule has 0 aliphatic rings. The monoisotopic (exact) mass is 311 g/mol. The number of rotatable bonds is 5. The Bertz CT molecular complexity index is 707. The van der Waals surface area contributed by atoms with Crippen LogP contribution in [-0.2, 0) is 10.0 Å². The van der Waals surface area contributed by atoms with E-state index in [2.05, 4.69) is 4.72 Å². The molecule has 0 fully saturated rings. The molecule has 1 aromatic heterocycles. The molecule has 2 aromatic rings. The summed E-state index contributed by atoms with van der Waals surface area (Å²) in [6, 6.07) is 9.91. The van der Waals surface area contributed by atoms with E-state index in [9.17, 15) is 13.2 Å². The summed E-state index contributed by atoms with van der Waals surface area (Å²) in [5.74, 6) is -1.13. The van der Waals surface area contributed by atoms with Crippen molar-refractivity contribution in [2.75, 3.05) is 0 Å². The zero-order valence-electron chi connectivity index (χ0n) is 10.6. The van der Waals surface area contributed by atoms with Crippen LogP contribution in [0.4, 0.5) is 0 Å². The van der Waals surface area contributed by atoms with Gasteiger partial charge in [0, 0.05) is 11.4 Å². The summed E-state index contributed by atoms with van der Waals surface area (Å²) in [7, 11) is -3.72. The van der Waals surface area contributed by atoms with Gasteiger partial charge in [0.25, 0.3) is 0 Å². The highest BCUT2D eigenvalue weighted by atomic mass is 32.2. The van der Waals surface area contributed by atoms with E-state index >= 15 is 0 Å². The summed E-state index contributed by atoms with van der Waals surface area (Å²) in [5.41, 5.74) is 0.838. The van der Waals surface area contributed by atoms with E-state index in [1.54, 1.807) is 6.92 Å². The standard InChI is InChI=1S/C13H13NO4S2/c1-9(10-5-3-2-4-6-10)14-20(17,18)11-7-12(13(15)16)19-8-11/h2-9,14H,1H3,(H,15,16). The summed E-state index contributed by atoms with van der Waals surface area (Å²) in [6.07, 6.45) is 0. The first-order chi connectivity index (χ1) is 9.40. The molecule has 20 heavy (non-hydrogen) atoms. The summed E-state index contributed by atoms with van der Waals surface area (Å²) < 4.78 is 26.8. The van der Waals surface area contributed by atoms with Crippen LogP contribution in [0.2, 0.25) is 0 Å². The average molecular weight is 311 g/mol. The Morgan fingerprint density at radius 1 is 1.30 bits per heavy atom. The second kappa shape index (κ2) is 5.74. The van der Waals surface area contributed by atoms with E-state index in [0.717, 1.165) is 23.0 Å². The van der Waals surface area contributed by atoms with E-state index in [1.807, 2.05) is 30.3 Å². The van der Waals surface area contributed by atoms with Gasteiger partial charge in [-0.3, -0.25) is 0 Å². The quantitative estimate of drug-likeness (QED) is 0.888. The molecule has 0 amide bonds. The lowest BCUT2D eigenvalue weighted by Crippen LogP contribution is -2.26. The minimum Gasteiger partial charge on any atom is -0.477 e. The zero-order chi connectivity index (χ0) is 14.8. The maximum atomic E-state index is 12.2. The van der Waals surface area contributed by atoms with Gasteiger partial charge in [-0.2, -0.15) is 0 Å². The van der Waals surface area contributed by atoms with Crippen molar-refractivity contribution in [2.24, 2.45) is 0 Å². The lowest BCUT2D eigenvalue weighted by Gasteiger charge is -2.13. The van der Waals surface area contributed by atoms with Gasteiger partial charge in [-0.05, 0) is 18.6 Å². The van der Waals surface area contributed by atoms with Crippen LogP contribution in [0.25, 0.3) is 0 Å². The van der Waals surface area contributed by atoms with Gasteiger partial charge in [0.2, 0.25) is 10.0 Å². The number of benzene rings is 1. The van der Waals surface area contributed by atoms with Crippen LogP contribution in [-0.4, -0.2) is 19.5 Å². The van der Waals surface area contributed by atoms with E-state index < -0.39 is 22.0 Å². The Morgan fingerprint density at radius 2 is 1.95 bits per heavy atom. The minimum atomic E-state index is -3.72. The SMILES string of the molecule is CC(NS(=O)(=O)c1csc(C(=O)O)c1)c1ccccc1. The molecule has 1 atom stereocenters. The van der Waals surface area contributed by atoms with Crippen LogP contribution in [0.3, 0.4) is 0 Å². The van der Waals surface area contributed by atoms with E-state index in [-0.39, 0.29) is 9.77 Å². The predicted octanol–water partition coefficient (Wildman–Crippen LogP) is 2.49. The molecule has 2 N–H and O–H groups in total. The van der Waals surface area contributed by atoms with Gasteiger partial charge in [-0.25, -0.2) is 17.9 Å². The first kappa shape index (κ1) is 14.7. The molecule has 7 heteroatoms. The highest BCUT2D eigenvalue weighted by Crippen LogP contribution is 2.21. The predicted molar refractivity (Wildman–Crippen MR) is 76.5 cm³/mol. The molecule has 0 saturated heterocycles. The van der Waals surface area contributed by atoms with E-state index in [0.29, 0.717) is 0 Å². The zero-order valence-corrected chi connectivity index (χ0v) is 12.2. The van der Waals surface area contributed by atoms with Gasteiger partial charge in [0.05, 0.1) is 4.90 Å². The largest absolute Gasteiger partial charge is 0.477 e. The molecule has 0 bridgehead atoms. The molecule has 1 heterocycles. The topological polar surface area (TPSA) is 83.5 Å². The van der Waals surface area contributed by atoms with Gasteiger partial charge < -0.3 is 5.11 Å². The molecule has 0 aliphatic heterocycles. The van der Waals surface area contributed by atoms with Crippen LogP contribution in [0.15, 0.2) is 46.7 Å². The average Bonchev–Trinajstić information content (AvgIpc) is 2.90. The maximum Gasteiger partial charge on any atom is 0.345 e. The normalized spacial score (nSPS) is 13.1. The molecule has 0 spiro atoms. The lowest BCUT2D eigenvalue weighted by molar-refractivity contribution is 0.0702. The van der Waals surface area contributed by atoms with Crippen LogP contribution in [0, 0.1) is 0 Å². The summed E-state index contributed by atoms with van der Waals surface area (Å²) in [4.78, 5) is 10.8. The maximum absolute atomic E-state index is 12.2. The Balaban J connectivity index is 2.20. The smallest absolute Gasteiger partial charge is 0.345 e. The van der Waals surface area contributed by atoms with Gasteiger partial charge in [0.15, 0.2) is 0 Å². The van der Waals surface area contributed by atoms with Gasteiger partial charge in [-0.1, -0.05) is 30.3 Å². The molecule has 106 valence electrons. The molecule has 0 saturated carbocycles. The number of aromatic carboxylic acids is 1. The lowest BCUT2D eigenvalue weighted by atomic mass is 10.1. The molecule has 5 nitrogen and oxygen atoms in total. The van der Waals surface area contributed by atoms with Crippen molar-refractivity contribution in [2.45, 2.75) is 17.9 Å². The van der Waals surface area contributed by atoms with Gasteiger partial charge in [0.1, 0.15) is 4.88 Å². The number of carboxylic acids is 1. The second-order valence-electron chi connectivity index (χ2n) is 4.21. The van der Waals surface area contributed by atoms with Crippen LogP contribution < -0.4 is 4.72 Å². The third-order valence-corrected chi connectivity index (χ3v) is 5.32. The van der Waals surface area contributed by atoms with Crippen molar-refractivity contribution >= 4 is 27.3 Å². The van der Waals surface area contributed by atoms with Crippen molar-refractivity contribution < 1.29 is 18.3 Å². The van der Waals surface area contributed by atoms with E-state index in [4.69, 9.17) is 5.11 Å². The molecule has 0 aliphatic carbocycles. The minimum absolute atomic E-state index is 0.00209. The fourth-order valence-electron chi connectivity index (χ4n) is 1.68. The van der Waals surface area contributed by atoms with Crippen molar-refractivity contribution in [1.29, 1.82) is 0 Å². The van der Waals surface area contributed by atoms with Crippen LogP contribution in [0.1, 0.15) is 28.2 Å². The van der Waals surface area contributed by atoms with Crippen molar-refractivity contribution in [3.8, 4) is 0 Å². The van der Waals surface area contributed by atoms with Crippen molar-refractivity contribution in [3.63, 3.8) is 0 Å². The highest BCUT2D eigenvalue weighted by Gasteiger charge is 2.21. The van der Waals surface area contributed by atoms with Gasteiger partial charge >= 0.3 is 5.97 Å². The summed E-state index contributed by atoms with van der Waals surface area (Å²) in [6.45, 7) is 1.73. The first-order valence-electron chi connectivity index (χ1n) is 5.79. The number of hydrogen-bond donors (Lipinski definition) is 2. The number of sulfonamides is 1. The number of nitrogens with one attached hydrogen (secondary N) is 1. The van der Waals surface area contributed by atoms with Gasteiger partial charge in [-0.15, -0.1) is 11.3 Å².